The average Bonchev–Trinajstić information content (AvgIpc) is 3.22. The van der Waals surface area contributed by atoms with Crippen LogP contribution in [0.2, 0.25) is 5.15 Å². The minimum absolute atomic E-state index is 0.113. The van der Waals surface area contributed by atoms with E-state index in [0.29, 0.717) is 10.7 Å². The van der Waals surface area contributed by atoms with Crippen molar-refractivity contribution in [2.45, 2.75) is 19.3 Å². The van der Waals surface area contributed by atoms with Gasteiger partial charge in [0.1, 0.15) is 5.15 Å². The van der Waals surface area contributed by atoms with E-state index in [1.54, 1.807) is 18.3 Å². The number of carbonyl (C=O) groups is 1. The maximum Gasteiger partial charge on any atom is 0.171 e. The van der Waals surface area contributed by atoms with Gasteiger partial charge in [0.05, 0.1) is 0 Å². The van der Waals surface area contributed by atoms with Crippen molar-refractivity contribution in [3.63, 3.8) is 0 Å². The van der Waals surface area contributed by atoms with E-state index in [0.717, 1.165) is 19.3 Å². The van der Waals surface area contributed by atoms with E-state index in [4.69, 9.17) is 11.6 Å². The Morgan fingerprint density at radius 3 is 2.50 bits per heavy atom. The summed E-state index contributed by atoms with van der Waals surface area (Å²) >= 11 is 5.86. The summed E-state index contributed by atoms with van der Waals surface area (Å²) in [5, 5.41) is 5.84. The van der Waals surface area contributed by atoms with Crippen molar-refractivity contribution in [3.05, 3.63) is 124 Å². The van der Waals surface area contributed by atoms with Crippen molar-refractivity contribution in [3.8, 4) is 11.1 Å². The number of ketones is 1. The van der Waals surface area contributed by atoms with Crippen LogP contribution in [-0.4, -0.2) is 10.8 Å². The van der Waals surface area contributed by atoms with Crippen LogP contribution in [0.4, 0.5) is 0 Å². The van der Waals surface area contributed by atoms with E-state index >= 15 is 0 Å². The third-order valence-corrected chi connectivity index (χ3v) is 6.59. The molecule has 3 nitrogen and oxygen atoms in total. The molecule has 34 heavy (non-hydrogen) atoms. The third kappa shape index (κ3) is 4.66. The van der Waals surface area contributed by atoms with Gasteiger partial charge >= 0.3 is 0 Å². The third-order valence-electron chi connectivity index (χ3n) is 6.37. The first kappa shape index (κ1) is 22.1. The Morgan fingerprint density at radius 2 is 1.71 bits per heavy atom. The summed E-state index contributed by atoms with van der Waals surface area (Å²) in [6, 6.07) is 16.5. The van der Waals surface area contributed by atoms with Crippen LogP contribution in [0, 0.1) is 5.92 Å². The number of nitrogens with one attached hydrogen (secondary N) is 1. The van der Waals surface area contributed by atoms with Crippen molar-refractivity contribution in [2.75, 3.05) is 0 Å². The Bertz CT molecular complexity index is 1420. The number of nitrogens with zero attached hydrogens (tertiary/aromatic N) is 1. The number of benzene rings is 2. The molecule has 0 spiro atoms. The van der Waals surface area contributed by atoms with E-state index in [-0.39, 0.29) is 11.7 Å². The average molecular weight is 465 g/mol. The van der Waals surface area contributed by atoms with Gasteiger partial charge in [0.15, 0.2) is 5.78 Å². The molecule has 1 aliphatic heterocycles. The lowest BCUT2D eigenvalue weighted by atomic mass is 9.82. The summed E-state index contributed by atoms with van der Waals surface area (Å²) in [5.41, 5.74) is 5.90. The number of aryl methyl sites for hydroxylation is 1. The standard InChI is InChI=1S/C24H18ClNO.C6H7N/c25-23-12-9-18(14-26-23)24(27)17-6-5-16-8-10-20-19-4-2-1-3-15(19)7-11-21(20)22(16)13-17;1-2-4-6-7-5-3-1/h1-4,8-14,17H,5-7H2;1-7H. The quantitative estimate of drug-likeness (QED) is 0.422. The summed E-state index contributed by atoms with van der Waals surface area (Å²) in [6.07, 6.45) is 20.3. The molecular formula is C30H25ClN2O. The monoisotopic (exact) mass is 464 g/mol. The van der Waals surface area contributed by atoms with E-state index in [1.807, 2.05) is 36.7 Å². The molecule has 2 aliphatic carbocycles. The molecule has 168 valence electrons. The van der Waals surface area contributed by atoms with E-state index < -0.39 is 0 Å². The SMILES string of the molecule is C1=CC=CNC=C1.O=C(c1ccc(Cl)nc1)C1C=c2c(ccc3c2=CCc2ccccc2-3)CC1. The van der Waals surface area contributed by atoms with Gasteiger partial charge in [-0.3, -0.25) is 4.79 Å². The number of fused-ring (bicyclic) bond motifs is 5. The first-order valence-corrected chi connectivity index (χ1v) is 11.9. The highest BCUT2D eigenvalue weighted by Gasteiger charge is 2.23. The first-order chi connectivity index (χ1) is 16.7. The van der Waals surface area contributed by atoms with Gasteiger partial charge in [0, 0.05) is 30.1 Å². The second kappa shape index (κ2) is 10.1. The number of rotatable bonds is 2. The second-order valence-electron chi connectivity index (χ2n) is 8.48. The fourth-order valence-electron chi connectivity index (χ4n) is 4.67. The number of hydrogen-bond acceptors (Lipinski definition) is 3. The van der Waals surface area contributed by atoms with Crippen LogP contribution in [0.15, 0.2) is 91.4 Å². The predicted octanol–water partition coefficient (Wildman–Crippen LogP) is 5.14. The lowest BCUT2D eigenvalue weighted by molar-refractivity contribution is 0.0946. The van der Waals surface area contributed by atoms with Gasteiger partial charge < -0.3 is 5.32 Å². The van der Waals surface area contributed by atoms with Crippen LogP contribution < -0.4 is 15.8 Å². The second-order valence-corrected chi connectivity index (χ2v) is 8.87. The molecule has 0 radical (unpaired) electrons. The molecule has 1 unspecified atom stereocenters. The number of allylic oxidation sites excluding steroid dienone is 4. The van der Waals surface area contributed by atoms with E-state index in [1.165, 1.54) is 32.7 Å². The number of pyridine rings is 1. The summed E-state index contributed by atoms with van der Waals surface area (Å²) in [4.78, 5) is 17.0. The van der Waals surface area contributed by atoms with Crippen molar-refractivity contribution in [1.82, 2.24) is 10.3 Å². The highest BCUT2D eigenvalue weighted by Crippen LogP contribution is 2.26. The van der Waals surface area contributed by atoms with Crippen molar-refractivity contribution < 1.29 is 4.79 Å². The summed E-state index contributed by atoms with van der Waals surface area (Å²) < 4.78 is 0. The summed E-state index contributed by atoms with van der Waals surface area (Å²) in [6.45, 7) is 0. The largest absolute Gasteiger partial charge is 0.368 e. The van der Waals surface area contributed by atoms with Gasteiger partial charge in [-0.2, -0.15) is 0 Å². The summed E-state index contributed by atoms with van der Waals surface area (Å²) in [5.74, 6) is 0.0103. The van der Waals surface area contributed by atoms with Crippen molar-refractivity contribution >= 4 is 29.5 Å². The number of halogens is 1. The van der Waals surface area contributed by atoms with Crippen molar-refractivity contribution in [1.29, 1.82) is 0 Å². The number of hydrogen-bond donors (Lipinski definition) is 1. The van der Waals surface area contributed by atoms with Crippen LogP contribution in [0.5, 0.6) is 0 Å². The Hall–Kier alpha value is -3.69. The van der Waals surface area contributed by atoms with Gasteiger partial charge in [-0.1, -0.05) is 72.3 Å². The molecule has 1 N–H and O–H groups in total. The Labute approximate surface area is 204 Å². The van der Waals surface area contributed by atoms with Gasteiger partial charge in [-0.25, -0.2) is 4.98 Å². The molecule has 2 aromatic carbocycles. The number of Topliss-reactive ketones (excluding diaryl/α,β-unsaturated/α-hetero) is 1. The molecule has 0 fully saturated rings. The van der Waals surface area contributed by atoms with Gasteiger partial charge in [0.25, 0.3) is 0 Å². The first-order valence-electron chi connectivity index (χ1n) is 11.5. The van der Waals surface area contributed by atoms with Gasteiger partial charge in [-0.15, -0.1) is 0 Å². The maximum absolute atomic E-state index is 13.0. The minimum atomic E-state index is -0.113. The van der Waals surface area contributed by atoms with Crippen LogP contribution in [0.3, 0.4) is 0 Å². The summed E-state index contributed by atoms with van der Waals surface area (Å²) in [7, 11) is 0. The molecule has 1 aromatic heterocycles. The molecular weight excluding hydrogens is 440 g/mol. The highest BCUT2D eigenvalue weighted by molar-refractivity contribution is 6.29. The molecule has 2 heterocycles. The number of aromatic nitrogens is 1. The van der Waals surface area contributed by atoms with Crippen LogP contribution >= 0.6 is 11.6 Å². The van der Waals surface area contributed by atoms with Crippen LogP contribution in [0.25, 0.3) is 23.3 Å². The molecule has 6 rings (SSSR count). The fourth-order valence-corrected chi connectivity index (χ4v) is 4.78. The van der Waals surface area contributed by atoms with Crippen LogP contribution in [0.1, 0.15) is 27.9 Å². The molecule has 3 aromatic rings. The zero-order valence-corrected chi connectivity index (χ0v) is 19.5. The molecule has 4 heteroatoms. The lowest BCUT2D eigenvalue weighted by Crippen LogP contribution is -2.37. The maximum atomic E-state index is 13.0. The Morgan fingerprint density at radius 1 is 0.882 bits per heavy atom. The predicted molar refractivity (Wildman–Crippen MR) is 140 cm³/mol. The minimum Gasteiger partial charge on any atom is -0.368 e. The smallest absolute Gasteiger partial charge is 0.171 e. The Kier molecular flexibility index (Phi) is 6.55. The highest BCUT2D eigenvalue weighted by atomic mass is 35.5. The van der Waals surface area contributed by atoms with Gasteiger partial charge in [-0.05, 0) is 76.2 Å². The normalized spacial score (nSPS) is 16.8. The molecule has 0 saturated heterocycles. The zero-order valence-electron chi connectivity index (χ0n) is 18.7. The molecule has 1 atom stereocenters. The zero-order chi connectivity index (χ0) is 23.3. The van der Waals surface area contributed by atoms with E-state index in [9.17, 15) is 4.79 Å². The van der Waals surface area contributed by atoms with Gasteiger partial charge in [0.2, 0.25) is 0 Å². The fraction of sp³-hybridized carbons (Fsp3) is 0.133. The Balaban J connectivity index is 0.000000297. The lowest BCUT2D eigenvalue weighted by Gasteiger charge is -2.21. The van der Waals surface area contributed by atoms with Crippen LogP contribution in [-0.2, 0) is 12.8 Å². The molecule has 3 aliphatic rings. The van der Waals surface area contributed by atoms with E-state index in [2.05, 4.69) is 58.9 Å². The molecule has 0 bridgehead atoms. The molecule has 0 amide bonds. The van der Waals surface area contributed by atoms with Crippen molar-refractivity contribution in [2.24, 2.45) is 5.92 Å². The molecule has 0 saturated carbocycles. The number of carbonyl (C=O) groups excluding carboxylic acids is 1. The topological polar surface area (TPSA) is 42.0 Å².